The van der Waals surface area contributed by atoms with Crippen LogP contribution >= 0.6 is 11.8 Å². The molecule has 18 heavy (non-hydrogen) atoms. The van der Waals surface area contributed by atoms with Crippen molar-refractivity contribution in [2.45, 2.75) is 64.0 Å². The maximum atomic E-state index is 12.0. The maximum Gasteiger partial charge on any atom is 0.237 e. The number of hydrogen-bond donors (Lipinski definition) is 2. The van der Waals surface area contributed by atoms with E-state index in [0.29, 0.717) is 12.0 Å². The normalized spacial score (nSPS) is 20.4. The molecule has 1 aliphatic carbocycles. The third-order valence-corrected chi connectivity index (χ3v) is 4.60. The van der Waals surface area contributed by atoms with Crippen molar-refractivity contribution in [1.82, 2.24) is 5.32 Å². The summed E-state index contributed by atoms with van der Waals surface area (Å²) in [6.07, 6.45) is 10.3. The number of amides is 1. The second-order valence-corrected chi connectivity index (χ2v) is 6.29. The summed E-state index contributed by atoms with van der Waals surface area (Å²) in [5, 5.41) is 3.17. The fourth-order valence-corrected chi connectivity index (χ4v) is 3.25. The standard InChI is InChI=1S/C14H28N2OS/c1-3-13(11-7-5-4-6-8-11)16-14(17)12(15)9-10-18-2/h11-13H,3-10,15H2,1-2H3,(H,16,17)/t12-,13?/m1/s1. The molecule has 2 atom stereocenters. The summed E-state index contributed by atoms with van der Waals surface area (Å²) >= 11 is 1.74. The molecule has 1 aliphatic rings. The summed E-state index contributed by atoms with van der Waals surface area (Å²) in [5.74, 6) is 1.66. The minimum atomic E-state index is -0.338. The Balaban J connectivity index is 2.38. The van der Waals surface area contributed by atoms with Crippen LogP contribution in [0.25, 0.3) is 0 Å². The fourth-order valence-electron chi connectivity index (χ4n) is 2.76. The van der Waals surface area contributed by atoms with E-state index < -0.39 is 0 Å². The first-order chi connectivity index (χ1) is 8.69. The zero-order chi connectivity index (χ0) is 13.4. The van der Waals surface area contributed by atoms with Crippen molar-refractivity contribution >= 4 is 17.7 Å². The van der Waals surface area contributed by atoms with Gasteiger partial charge in [0.2, 0.25) is 5.91 Å². The summed E-state index contributed by atoms with van der Waals surface area (Å²) < 4.78 is 0. The monoisotopic (exact) mass is 272 g/mol. The lowest BCUT2D eigenvalue weighted by atomic mass is 9.83. The number of thioether (sulfide) groups is 1. The average molecular weight is 272 g/mol. The minimum absolute atomic E-state index is 0.0430. The average Bonchev–Trinajstić information content (AvgIpc) is 2.42. The Morgan fingerprint density at radius 2 is 2.06 bits per heavy atom. The maximum absolute atomic E-state index is 12.0. The van der Waals surface area contributed by atoms with Gasteiger partial charge in [0.15, 0.2) is 0 Å². The van der Waals surface area contributed by atoms with Crippen molar-refractivity contribution in [2.75, 3.05) is 12.0 Å². The molecule has 1 fully saturated rings. The smallest absolute Gasteiger partial charge is 0.237 e. The Kier molecular flexibility index (Phi) is 7.75. The van der Waals surface area contributed by atoms with Crippen molar-refractivity contribution in [1.29, 1.82) is 0 Å². The molecule has 0 aromatic rings. The van der Waals surface area contributed by atoms with Gasteiger partial charge in [0, 0.05) is 6.04 Å². The summed E-state index contributed by atoms with van der Waals surface area (Å²) in [7, 11) is 0. The number of carbonyl (C=O) groups is 1. The second-order valence-electron chi connectivity index (χ2n) is 5.31. The highest BCUT2D eigenvalue weighted by atomic mass is 32.2. The number of nitrogens with one attached hydrogen (secondary N) is 1. The molecule has 0 aliphatic heterocycles. The van der Waals surface area contributed by atoms with E-state index in [0.717, 1.165) is 18.6 Å². The van der Waals surface area contributed by atoms with Crippen molar-refractivity contribution < 1.29 is 4.79 Å². The van der Waals surface area contributed by atoms with E-state index in [1.807, 2.05) is 6.26 Å². The molecule has 0 saturated heterocycles. The van der Waals surface area contributed by atoms with Crippen LogP contribution in [0.2, 0.25) is 0 Å². The van der Waals surface area contributed by atoms with Gasteiger partial charge in [-0.25, -0.2) is 0 Å². The third kappa shape index (κ3) is 5.19. The highest BCUT2D eigenvalue weighted by Gasteiger charge is 2.25. The molecule has 3 nitrogen and oxygen atoms in total. The summed E-state index contributed by atoms with van der Waals surface area (Å²) in [4.78, 5) is 12.0. The van der Waals surface area contributed by atoms with Gasteiger partial charge >= 0.3 is 0 Å². The summed E-state index contributed by atoms with van der Waals surface area (Å²) in [6.45, 7) is 2.16. The highest BCUT2D eigenvalue weighted by Crippen LogP contribution is 2.27. The van der Waals surface area contributed by atoms with E-state index >= 15 is 0 Å². The van der Waals surface area contributed by atoms with Gasteiger partial charge < -0.3 is 11.1 Å². The molecule has 0 aromatic heterocycles. The van der Waals surface area contributed by atoms with Crippen LogP contribution in [0.3, 0.4) is 0 Å². The molecule has 1 saturated carbocycles. The van der Waals surface area contributed by atoms with Crippen LogP contribution in [-0.2, 0) is 4.79 Å². The largest absolute Gasteiger partial charge is 0.352 e. The first-order valence-corrected chi connectivity index (χ1v) is 8.63. The number of rotatable bonds is 7. The van der Waals surface area contributed by atoms with E-state index in [1.165, 1.54) is 32.1 Å². The van der Waals surface area contributed by atoms with Crippen molar-refractivity contribution in [3.05, 3.63) is 0 Å². The van der Waals surface area contributed by atoms with Gasteiger partial charge in [-0.3, -0.25) is 4.79 Å². The van der Waals surface area contributed by atoms with E-state index in [1.54, 1.807) is 11.8 Å². The SMILES string of the molecule is CCC(NC(=O)[C@H](N)CCSC)C1CCCCC1. The topological polar surface area (TPSA) is 55.1 Å². The van der Waals surface area contributed by atoms with E-state index in [4.69, 9.17) is 5.73 Å². The van der Waals surface area contributed by atoms with Gasteiger partial charge in [-0.05, 0) is 43.6 Å². The Hall–Kier alpha value is -0.220. The molecule has 106 valence electrons. The highest BCUT2D eigenvalue weighted by molar-refractivity contribution is 7.98. The molecular formula is C14H28N2OS. The van der Waals surface area contributed by atoms with Crippen LogP contribution in [0.15, 0.2) is 0 Å². The molecule has 0 bridgehead atoms. The van der Waals surface area contributed by atoms with Gasteiger partial charge in [-0.2, -0.15) is 11.8 Å². The fraction of sp³-hybridized carbons (Fsp3) is 0.929. The molecule has 1 amide bonds. The first kappa shape index (κ1) is 15.8. The molecule has 0 radical (unpaired) electrons. The summed E-state index contributed by atoms with van der Waals surface area (Å²) in [5.41, 5.74) is 5.91. The molecule has 1 unspecified atom stereocenters. The number of hydrogen-bond acceptors (Lipinski definition) is 3. The van der Waals surface area contributed by atoms with Crippen molar-refractivity contribution in [3.63, 3.8) is 0 Å². The van der Waals surface area contributed by atoms with Crippen LogP contribution in [0, 0.1) is 5.92 Å². The van der Waals surface area contributed by atoms with Crippen LogP contribution < -0.4 is 11.1 Å². The van der Waals surface area contributed by atoms with Crippen LogP contribution in [0.1, 0.15) is 51.9 Å². The van der Waals surface area contributed by atoms with Crippen molar-refractivity contribution in [3.8, 4) is 0 Å². The minimum Gasteiger partial charge on any atom is -0.352 e. The Labute approximate surface area is 116 Å². The molecule has 1 rings (SSSR count). The molecule has 0 heterocycles. The summed E-state index contributed by atoms with van der Waals surface area (Å²) in [6, 6.07) is -0.00628. The Bertz CT molecular complexity index is 242. The lowest BCUT2D eigenvalue weighted by molar-refractivity contribution is -0.123. The molecule has 0 aromatic carbocycles. The molecule has 4 heteroatoms. The lowest BCUT2D eigenvalue weighted by Crippen LogP contribution is -2.48. The van der Waals surface area contributed by atoms with Crippen LogP contribution in [-0.4, -0.2) is 30.0 Å². The van der Waals surface area contributed by atoms with Gasteiger partial charge in [0.1, 0.15) is 0 Å². The van der Waals surface area contributed by atoms with Gasteiger partial charge in [0.05, 0.1) is 6.04 Å². The van der Waals surface area contributed by atoms with Gasteiger partial charge in [-0.1, -0.05) is 26.2 Å². The Morgan fingerprint density at radius 3 is 2.61 bits per heavy atom. The van der Waals surface area contributed by atoms with Gasteiger partial charge in [-0.15, -0.1) is 0 Å². The van der Waals surface area contributed by atoms with Crippen molar-refractivity contribution in [2.24, 2.45) is 11.7 Å². The molecule has 3 N–H and O–H groups in total. The molecular weight excluding hydrogens is 244 g/mol. The Morgan fingerprint density at radius 1 is 1.39 bits per heavy atom. The number of nitrogens with two attached hydrogens (primary N) is 1. The lowest BCUT2D eigenvalue weighted by Gasteiger charge is -2.31. The quantitative estimate of drug-likeness (QED) is 0.749. The molecule has 0 spiro atoms. The van der Waals surface area contributed by atoms with E-state index in [-0.39, 0.29) is 11.9 Å². The zero-order valence-electron chi connectivity index (χ0n) is 11.8. The predicted molar refractivity (Wildman–Crippen MR) is 79.8 cm³/mol. The first-order valence-electron chi connectivity index (χ1n) is 7.24. The van der Waals surface area contributed by atoms with E-state index in [9.17, 15) is 4.79 Å². The zero-order valence-corrected chi connectivity index (χ0v) is 12.6. The predicted octanol–water partition coefficient (Wildman–Crippen LogP) is 2.54. The van der Waals surface area contributed by atoms with Crippen LogP contribution in [0.5, 0.6) is 0 Å². The number of carbonyl (C=O) groups excluding carboxylic acids is 1. The third-order valence-electron chi connectivity index (χ3n) is 3.96. The van der Waals surface area contributed by atoms with Crippen LogP contribution in [0.4, 0.5) is 0 Å². The second kappa shape index (κ2) is 8.81. The van der Waals surface area contributed by atoms with E-state index in [2.05, 4.69) is 12.2 Å². The van der Waals surface area contributed by atoms with Gasteiger partial charge in [0.25, 0.3) is 0 Å².